The summed E-state index contributed by atoms with van der Waals surface area (Å²) in [6.45, 7) is 46.7. The summed E-state index contributed by atoms with van der Waals surface area (Å²) < 4.78 is 31.4. The molecule has 0 heterocycles. The zero-order chi connectivity index (χ0) is 101. The number of unbranched alkanes of at least 4 members (excludes halogenated alkanes) is 5. The average molecular weight is 2460 g/mol. The molecule has 0 aliphatic heterocycles. The largest absolute Gasteiger partial charge is 0.494 e. The van der Waals surface area contributed by atoms with E-state index in [1.165, 1.54) is 131 Å². The molecule has 0 spiro atoms. The molecule has 722 valence electrons. The van der Waals surface area contributed by atoms with Gasteiger partial charge in [-0.05, 0) is 334 Å². The molecule has 3 nitrogen and oxygen atoms in total. The smallest absolute Gasteiger partial charge is 0.366 e. The van der Waals surface area contributed by atoms with Crippen molar-refractivity contribution < 1.29 is 120 Å². The molecule has 0 amide bonds. The molecule has 0 N–H and O–H groups in total. The van der Waals surface area contributed by atoms with Crippen molar-refractivity contribution in [3.63, 3.8) is 0 Å². The van der Waals surface area contributed by atoms with Crippen LogP contribution in [0, 0.1) is 42.6 Å². The van der Waals surface area contributed by atoms with E-state index in [0.29, 0.717) is 11.8 Å². The Morgan fingerprint density at radius 1 is 0.277 bits per heavy atom. The molecule has 0 aliphatic carbocycles. The molecule has 0 aliphatic rings. The Morgan fingerprint density at radius 3 is 0.780 bits per heavy atom. The summed E-state index contributed by atoms with van der Waals surface area (Å²) in [7, 11) is 3.28. The number of methoxy groups -OCH3 is 2. The minimum atomic E-state index is -0.384. The summed E-state index contributed by atoms with van der Waals surface area (Å²) >= 11 is -0.539. The first kappa shape index (κ1) is 113. The first-order chi connectivity index (χ1) is 68.3. The van der Waals surface area contributed by atoms with Gasteiger partial charge in [-0.3, -0.25) is 0 Å². The molecular weight excluding hydrogens is 2320 g/mol. The van der Waals surface area contributed by atoms with Gasteiger partial charge in [0.2, 0.25) is 0 Å². The molecule has 16 rings (SSSR count). The summed E-state index contributed by atoms with van der Waals surface area (Å²) in [5.74, 6) is 4.04. The lowest BCUT2D eigenvalue weighted by atomic mass is 9.87. The SMILES string of the molecule is C=Cc1ccc([I+]c2ccc(C=C)cc2)cc1.C=Cc1ccc([S+](c2ccc(C=C)cc2)c2ccc(C=C)cc2)cc1.CC(C)(C)c1ccc([I+]c2ccc(C(C)(C)C)cc2)cc1.CC(C)c1ccc([I+]c2ccc(C(C)C)cc2)cc1.CCCCCCCCOc1ccc([I+]c2c(OC)cc(C)cc2OC)cc1.c1ccc([I+]c2ccccc2)cc1.c1ccc([S+](c2ccccc2)c2ccccc2)cc1. The van der Waals surface area contributed by atoms with E-state index in [0.717, 1.165) is 52.5 Å². The van der Waals surface area contributed by atoms with E-state index in [1.54, 1.807) is 14.2 Å². The van der Waals surface area contributed by atoms with Crippen LogP contribution in [0.2, 0.25) is 0 Å². The van der Waals surface area contributed by atoms with Crippen LogP contribution in [0.25, 0.3) is 30.4 Å². The molecule has 0 aromatic heterocycles. The van der Waals surface area contributed by atoms with Crippen molar-refractivity contribution in [2.45, 2.75) is 174 Å². The maximum absolute atomic E-state index is 5.89. The number of benzene rings is 16. The number of aryl methyl sites for hydroxylation is 1. The van der Waals surface area contributed by atoms with Gasteiger partial charge in [0.15, 0.2) is 73.0 Å². The highest BCUT2D eigenvalue weighted by Crippen LogP contribution is 2.34. The van der Waals surface area contributed by atoms with Gasteiger partial charge in [-0.1, -0.05) is 335 Å². The fourth-order valence-corrected chi connectivity index (χ4v) is 29.7. The molecule has 0 bridgehead atoms. The Morgan fingerprint density at radius 2 is 0.511 bits per heavy atom. The van der Waals surface area contributed by atoms with Gasteiger partial charge in [-0.25, -0.2) is 0 Å². The van der Waals surface area contributed by atoms with Crippen molar-refractivity contribution in [3.05, 3.63) is 531 Å². The number of hydrogen-bond acceptors (Lipinski definition) is 3. The van der Waals surface area contributed by atoms with E-state index in [1.807, 2.05) is 30.4 Å². The van der Waals surface area contributed by atoms with Gasteiger partial charge in [0.05, 0.1) is 42.6 Å². The lowest BCUT2D eigenvalue weighted by molar-refractivity contribution is -0.599. The molecule has 0 saturated heterocycles. The van der Waals surface area contributed by atoms with Crippen LogP contribution in [-0.4, -0.2) is 20.8 Å². The number of halogens is 5. The Balaban J connectivity index is 0.000000171. The predicted molar refractivity (Wildman–Crippen MR) is 587 cm³/mol. The van der Waals surface area contributed by atoms with Gasteiger partial charge in [-0.2, -0.15) is 0 Å². The molecule has 0 radical (unpaired) electrons. The van der Waals surface area contributed by atoms with Crippen LogP contribution in [0.15, 0.2) is 469 Å². The van der Waals surface area contributed by atoms with Crippen molar-refractivity contribution in [3.8, 4) is 17.2 Å². The topological polar surface area (TPSA) is 27.7 Å². The third-order valence-electron chi connectivity index (χ3n) is 22.4. The van der Waals surface area contributed by atoms with Crippen LogP contribution in [0.3, 0.4) is 0 Å². The predicted octanol–water partition coefficient (Wildman–Crippen LogP) is 19.8. The Hall–Kier alpha value is -10.0. The molecule has 16 aromatic carbocycles. The second-order valence-electron chi connectivity index (χ2n) is 35.9. The zero-order valence-electron chi connectivity index (χ0n) is 84.6. The maximum atomic E-state index is 5.89. The molecular formula is C131H140I5O3S2+7. The van der Waals surface area contributed by atoms with Crippen molar-refractivity contribution in [2.24, 2.45) is 0 Å². The third kappa shape index (κ3) is 39.2. The summed E-state index contributed by atoms with van der Waals surface area (Å²) in [5.41, 5.74) is 13.1. The second-order valence-corrected chi connectivity index (χ2v) is 55.0. The van der Waals surface area contributed by atoms with Gasteiger partial charge < -0.3 is 14.2 Å². The first-order valence-corrected chi connectivity index (χ1v) is 61.6. The van der Waals surface area contributed by atoms with E-state index < -0.39 is 0 Å². The standard InChI is InChI=1S/C24H21S.C23H32IO3.C20H26I.C18H22I.C18H15S.C16H14I.C12H10I/c1-4-19-7-13-22(14-8-19)25(23-15-9-20(5-2)10-16-23)24-17-11-21(6-3)12-18-24;1-5-6-7-8-9-10-15-27-20-13-11-19(12-14-20)24-23-21(25-3)16-18(2)17-22(23)26-4;1-19(2,3)15-7-11-17(12-8-15)21-18-13-9-16(10-14-18)20(4,5)6;1-13(2)15-5-9-17(10-6-15)19-18-11-7-16(8-12-18)14(3)4;1-4-10-16(11-5-1)19(17-12-6-2-7-13-17)18-14-8-3-9-15-18;1-3-13-5-9-15(10-6-13)17-16-11-7-14(4-2)8-12-16;1-3-7-11(8-4-1)13-12-9-5-2-6-10-12/h4-18H,1-3H2;11-14,16-17H,5-10,15H2,1-4H3;7-14H,1-6H3;5-14H,1-4H3;1-15H;3-12H,1-2H2;1-10H/q7*+1. The fraction of sp³-hybridized carbons (Fsp3) is 0.191. The molecule has 141 heavy (non-hydrogen) atoms. The van der Waals surface area contributed by atoms with Crippen molar-refractivity contribution >= 4 is 52.2 Å². The van der Waals surface area contributed by atoms with E-state index in [9.17, 15) is 0 Å². The van der Waals surface area contributed by atoms with Crippen LogP contribution >= 0.6 is 0 Å². The minimum Gasteiger partial charge on any atom is -0.494 e. The summed E-state index contributed by atoms with van der Waals surface area (Å²) in [6.07, 6.45) is 17.1. The van der Waals surface area contributed by atoms with Crippen molar-refractivity contribution in [2.75, 3.05) is 20.8 Å². The van der Waals surface area contributed by atoms with Gasteiger partial charge in [-0.15, -0.1) is 0 Å². The minimum absolute atomic E-state index is 0.0146. The van der Waals surface area contributed by atoms with Gasteiger partial charge in [0.25, 0.3) is 3.57 Å². The van der Waals surface area contributed by atoms with Crippen LogP contribution in [0.4, 0.5) is 0 Å². The highest BCUT2D eigenvalue weighted by Gasteiger charge is 2.32. The second kappa shape index (κ2) is 61.2. The third-order valence-corrected chi connectivity index (χ3v) is 40.6. The van der Waals surface area contributed by atoms with E-state index >= 15 is 0 Å². The summed E-state index contributed by atoms with van der Waals surface area (Å²) in [4.78, 5) is 7.97. The average Bonchev–Trinajstić information content (AvgIpc) is 0.827. The van der Waals surface area contributed by atoms with Gasteiger partial charge in [0.1, 0.15) is 5.75 Å². The molecule has 0 saturated carbocycles. The van der Waals surface area contributed by atoms with E-state index in [-0.39, 0.29) is 139 Å². The quantitative estimate of drug-likeness (QED) is 0.0233. The number of hydrogen-bond donors (Lipinski definition) is 0. The Labute approximate surface area is 904 Å². The Bertz CT molecular complexity index is 5880. The molecule has 16 aromatic rings. The van der Waals surface area contributed by atoms with Gasteiger partial charge in [0, 0.05) is 0 Å². The summed E-state index contributed by atoms with van der Waals surface area (Å²) in [6, 6.07) is 146. The number of rotatable bonds is 33. The molecule has 10 heteroatoms. The number of ether oxygens (including phenoxy) is 3. The molecule has 0 fully saturated rings. The molecule has 0 unspecified atom stereocenters. The van der Waals surface area contributed by atoms with Crippen LogP contribution < -0.4 is 120 Å². The van der Waals surface area contributed by atoms with E-state index in [2.05, 4.69) is 522 Å². The molecule has 0 atom stereocenters. The maximum Gasteiger partial charge on any atom is 0.366 e. The first-order valence-electron chi connectivity index (χ1n) is 48.3. The monoisotopic (exact) mass is 2460 g/mol. The lowest BCUT2D eigenvalue weighted by Gasteiger charge is -2.18. The van der Waals surface area contributed by atoms with Crippen molar-refractivity contribution in [1.29, 1.82) is 0 Å². The summed E-state index contributed by atoms with van der Waals surface area (Å²) in [5, 5.41) is 0. The lowest BCUT2D eigenvalue weighted by Crippen LogP contribution is -3.61. The Kier molecular flexibility index (Phi) is 49.0. The van der Waals surface area contributed by atoms with Crippen LogP contribution in [-0.2, 0) is 32.6 Å². The zero-order valence-corrected chi connectivity index (χ0v) is 97.1. The normalized spacial score (nSPS) is 10.8. The fourth-order valence-electron chi connectivity index (χ4n) is 14.2. The van der Waals surface area contributed by atoms with Gasteiger partial charge >= 0.3 is 106 Å². The van der Waals surface area contributed by atoms with Crippen LogP contribution in [0.5, 0.6) is 17.2 Å². The van der Waals surface area contributed by atoms with Crippen LogP contribution in [0.1, 0.15) is 182 Å². The highest BCUT2D eigenvalue weighted by molar-refractivity contribution is 7.97. The highest BCUT2D eigenvalue weighted by atomic mass is 127. The van der Waals surface area contributed by atoms with Crippen molar-refractivity contribution in [1.82, 2.24) is 0 Å². The van der Waals surface area contributed by atoms with E-state index in [4.69, 9.17) is 14.2 Å².